The fourth-order valence-corrected chi connectivity index (χ4v) is 4.88. The number of aromatic nitrogens is 1. The zero-order chi connectivity index (χ0) is 30.4. The highest BCUT2D eigenvalue weighted by Gasteiger charge is 2.31. The number of thiazole rings is 1. The van der Waals surface area contributed by atoms with Gasteiger partial charge in [0.2, 0.25) is 0 Å². The summed E-state index contributed by atoms with van der Waals surface area (Å²) in [6, 6.07) is 21.7. The number of rotatable bonds is 5. The monoisotopic (exact) mass is 599 g/mol. The van der Waals surface area contributed by atoms with Crippen LogP contribution in [-0.4, -0.2) is 11.3 Å². The molecule has 0 spiro atoms. The standard InChI is InChI=1S/C19H13F4NO.C15H12N2S/c1-13-2-3-15(14-4-6-16(20)7-5-14)12-24(13)17-8-10-18(11-9-17)25-19(21,22)23;1-12-7-8-13(15-16-9-10-18-15)11-17(12)14-5-3-2-4-6-14/h2-12H,1H2;2-11H,1H2. The van der Waals surface area contributed by atoms with Crippen LogP contribution >= 0.6 is 11.3 Å². The van der Waals surface area contributed by atoms with Gasteiger partial charge < -0.3 is 14.5 Å². The van der Waals surface area contributed by atoms with Crippen molar-refractivity contribution in [1.29, 1.82) is 0 Å². The van der Waals surface area contributed by atoms with Gasteiger partial charge in [-0.25, -0.2) is 9.37 Å². The number of benzene rings is 3. The van der Waals surface area contributed by atoms with Crippen LogP contribution in [0, 0.1) is 5.82 Å². The van der Waals surface area contributed by atoms with Gasteiger partial charge in [-0.2, -0.15) is 0 Å². The number of nitrogens with zero attached hydrogens (tertiary/aromatic N) is 3. The smallest absolute Gasteiger partial charge is 0.406 e. The van der Waals surface area contributed by atoms with Gasteiger partial charge in [-0.05, 0) is 77.9 Å². The van der Waals surface area contributed by atoms with Gasteiger partial charge in [-0.15, -0.1) is 24.5 Å². The van der Waals surface area contributed by atoms with Gasteiger partial charge >= 0.3 is 6.36 Å². The third-order valence-electron chi connectivity index (χ3n) is 6.31. The summed E-state index contributed by atoms with van der Waals surface area (Å²) in [5.41, 5.74) is 6.10. The van der Waals surface area contributed by atoms with E-state index in [1.54, 1.807) is 40.6 Å². The number of alkyl halides is 3. The lowest BCUT2D eigenvalue weighted by Crippen LogP contribution is -2.18. The fourth-order valence-electron chi connectivity index (χ4n) is 4.25. The molecule has 0 aliphatic carbocycles. The first kappa shape index (κ1) is 29.3. The van der Waals surface area contributed by atoms with E-state index in [2.05, 4.69) is 52.2 Å². The summed E-state index contributed by atoms with van der Waals surface area (Å²) in [5, 5.41) is 3.01. The molecular weight excluding hydrogens is 574 g/mol. The number of hydrogen-bond acceptors (Lipinski definition) is 5. The Morgan fingerprint density at radius 1 is 0.698 bits per heavy atom. The molecule has 0 bridgehead atoms. The minimum Gasteiger partial charge on any atom is -0.406 e. The molecule has 1 aromatic heterocycles. The lowest BCUT2D eigenvalue weighted by atomic mass is 10.0. The summed E-state index contributed by atoms with van der Waals surface area (Å²) in [5.74, 6) is -0.622. The molecule has 0 fully saturated rings. The Kier molecular flexibility index (Phi) is 8.73. The third kappa shape index (κ3) is 7.58. The summed E-state index contributed by atoms with van der Waals surface area (Å²) in [6.07, 6.45) is 8.65. The van der Waals surface area contributed by atoms with E-state index in [1.807, 2.05) is 41.9 Å². The highest BCUT2D eigenvalue weighted by molar-refractivity contribution is 7.10. The van der Waals surface area contributed by atoms with Crippen molar-refractivity contribution in [3.8, 4) is 5.75 Å². The molecule has 2 aliphatic rings. The van der Waals surface area contributed by atoms with Crippen molar-refractivity contribution >= 4 is 33.9 Å². The predicted molar refractivity (Wildman–Crippen MR) is 166 cm³/mol. The topological polar surface area (TPSA) is 28.6 Å². The van der Waals surface area contributed by atoms with Crippen LogP contribution in [0.2, 0.25) is 0 Å². The summed E-state index contributed by atoms with van der Waals surface area (Å²) >= 11 is 1.64. The van der Waals surface area contributed by atoms with E-state index in [9.17, 15) is 17.6 Å². The van der Waals surface area contributed by atoms with Gasteiger partial charge in [-0.3, -0.25) is 0 Å². The molecule has 216 valence electrons. The minimum atomic E-state index is -4.73. The largest absolute Gasteiger partial charge is 0.573 e. The molecule has 0 radical (unpaired) electrons. The second-order valence-electron chi connectivity index (χ2n) is 9.28. The number of anilines is 2. The summed E-state index contributed by atoms with van der Waals surface area (Å²) < 4.78 is 53.6. The van der Waals surface area contributed by atoms with Gasteiger partial charge in [0.25, 0.3) is 0 Å². The Labute approximate surface area is 250 Å². The average molecular weight is 600 g/mol. The molecule has 0 unspecified atom stereocenters. The van der Waals surface area contributed by atoms with E-state index in [0.717, 1.165) is 33.1 Å². The van der Waals surface area contributed by atoms with Crippen LogP contribution in [0.4, 0.5) is 28.9 Å². The van der Waals surface area contributed by atoms with Crippen molar-refractivity contribution in [3.63, 3.8) is 0 Å². The summed E-state index contributed by atoms with van der Waals surface area (Å²) in [6.45, 7) is 7.98. The normalized spacial score (nSPS) is 14.6. The third-order valence-corrected chi connectivity index (χ3v) is 7.13. The van der Waals surface area contributed by atoms with Gasteiger partial charge in [0.15, 0.2) is 0 Å². The molecule has 0 N–H and O–H groups in total. The molecule has 0 amide bonds. The lowest BCUT2D eigenvalue weighted by Gasteiger charge is -2.25. The molecule has 9 heteroatoms. The van der Waals surface area contributed by atoms with Crippen molar-refractivity contribution < 1.29 is 22.3 Å². The van der Waals surface area contributed by atoms with Crippen molar-refractivity contribution in [2.45, 2.75) is 6.36 Å². The van der Waals surface area contributed by atoms with Crippen LogP contribution in [0.1, 0.15) is 10.6 Å². The van der Waals surface area contributed by atoms with E-state index in [1.165, 1.54) is 36.4 Å². The maximum Gasteiger partial charge on any atom is 0.573 e. The number of halogens is 4. The van der Waals surface area contributed by atoms with Gasteiger partial charge in [0, 0.05) is 52.3 Å². The quantitative estimate of drug-likeness (QED) is 0.214. The number of ether oxygens (including phenoxy) is 1. The lowest BCUT2D eigenvalue weighted by molar-refractivity contribution is -0.274. The Hall–Kier alpha value is -5.15. The fraction of sp³-hybridized carbons (Fsp3) is 0.0294. The second kappa shape index (κ2) is 12.8. The first-order valence-electron chi connectivity index (χ1n) is 13.0. The van der Waals surface area contributed by atoms with E-state index in [4.69, 9.17) is 0 Å². The highest BCUT2D eigenvalue weighted by Crippen LogP contribution is 2.32. The molecule has 2 aliphatic heterocycles. The van der Waals surface area contributed by atoms with Crippen LogP contribution in [-0.2, 0) is 0 Å². The minimum absolute atomic E-state index is 0.294. The molecule has 4 aromatic rings. The Balaban J connectivity index is 0.000000180. The SMILES string of the molecule is C=C1C=CC(c2ccc(F)cc2)=CN1c1ccc(OC(F)(F)F)cc1.C=C1C=CC(c2nccs2)=CN1c1ccccc1. The first-order valence-corrected chi connectivity index (χ1v) is 13.9. The molecular formula is C34H25F4N3OS. The summed E-state index contributed by atoms with van der Waals surface area (Å²) in [4.78, 5) is 8.15. The van der Waals surface area contributed by atoms with Crippen molar-refractivity contribution in [3.05, 3.63) is 168 Å². The Bertz CT molecular complexity index is 1700. The Morgan fingerprint density at radius 3 is 1.86 bits per heavy atom. The average Bonchev–Trinajstić information content (AvgIpc) is 3.54. The van der Waals surface area contributed by atoms with Gasteiger partial charge in [-0.1, -0.05) is 49.6 Å². The zero-order valence-corrected chi connectivity index (χ0v) is 23.5. The number of para-hydroxylation sites is 1. The molecule has 0 atom stereocenters. The van der Waals surface area contributed by atoms with Crippen LogP contribution in [0.25, 0.3) is 11.1 Å². The molecule has 0 saturated heterocycles. The van der Waals surface area contributed by atoms with Crippen LogP contribution in [0.15, 0.2) is 152 Å². The van der Waals surface area contributed by atoms with Crippen LogP contribution < -0.4 is 14.5 Å². The van der Waals surface area contributed by atoms with Crippen LogP contribution in [0.3, 0.4) is 0 Å². The number of hydrogen-bond donors (Lipinski definition) is 0. The van der Waals surface area contributed by atoms with Crippen molar-refractivity contribution in [2.75, 3.05) is 9.80 Å². The molecule has 4 nitrogen and oxygen atoms in total. The second-order valence-corrected chi connectivity index (χ2v) is 10.2. The molecule has 3 aromatic carbocycles. The van der Waals surface area contributed by atoms with E-state index < -0.39 is 6.36 Å². The Morgan fingerprint density at radius 2 is 1.28 bits per heavy atom. The number of allylic oxidation sites excluding steroid dienone is 6. The maximum atomic E-state index is 13.1. The molecule has 6 rings (SSSR count). The van der Waals surface area contributed by atoms with Crippen LogP contribution in [0.5, 0.6) is 5.75 Å². The molecule has 0 saturated carbocycles. The first-order chi connectivity index (χ1) is 20.7. The van der Waals surface area contributed by atoms with E-state index in [-0.39, 0.29) is 11.6 Å². The van der Waals surface area contributed by atoms with Crippen molar-refractivity contribution in [2.24, 2.45) is 0 Å². The van der Waals surface area contributed by atoms with Crippen molar-refractivity contribution in [1.82, 2.24) is 4.98 Å². The predicted octanol–water partition coefficient (Wildman–Crippen LogP) is 9.73. The zero-order valence-electron chi connectivity index (χ0n) is 22.7. The van der Waals surface area contributed by atoms with E-state index >= 15 is 0 Å². The molecule has 43 heavy (non-hydrogen) atoms. The van der Waals surface area contributed by atoms with Gasteiger partial charge in [0.1, 0.15) is 16.6 Å². The maximum absolute atomic E-state index is 13.1. The van der Waals surface area contributed by atoms with Gasteiger partial charge in [0.05, 0.1) is 0 Å². The molecule has 3 heterocycles. The van der Waals surface area contributed by atoms with E-state index in [0.29, 0.717) is 11.4 Å². The summed E-state index contributed by atoms with van der Waals surface area (Å²) in [7, 11) is 0. The highest BCUT2D eigenvalue weighted by atomic mass is 32.1.